The molecule has 0 radical (unpaired) electrons. The number of esters is 1. The van der Waals surface area contributed by atoms with E-state index < -0.39 is 6.10 Å². The van der Waals surface area contributed by atoms with Gasteiger partial charge < -0.3 is 19.4 Å². The van der Waals surface area contributed by atoms with Gasteiger partial charge in [0.15, 0.2) is 17.1 Å². The molecular formula is C25H28Cl2N4O4S2. The van der Waals surface area contributed by atoms with Crippen LogP contribution in [0.2, 0.25) is 10.0 Å². The number of fused-ring (bicyclic) bond motifs is 1. The molecule has 1 N–H and O–H groups in total. The molecule has 3 aromatic rings. The molecule has 198 valence electrons. The molecule has 8 nitrogen and oxygen atoms in total. The van der Waals surface area contributed by atoms with Crippen molar-refractivity contribution in [2.75, 3.05) is 17.7 Å². The molecule has 1 amide bonds. The van der Waals surface area contributed by atoms with Gasteiger partial charge in [0.2, 0.25) is 5.91 Å². The number of anilines is 1. The normalized spacial score (nSPS) is 14.0. The lowest BCUT2D eigenvalue weighted by Gasteiger charge is -2.15. The minimum atomic E-state index is -0.453. The predicted octanol–water partition coefficient (Wildman–Crippen LogP) is 6.50. The number of nitrogens with one attached hydrogen (secondary N) is 1. The molecule has 0 fully saturated rings. The van der Waals surface area contributed by atoms with Gasteiger partial charge in [0.05, 0.1) is 22.9 Å². The van der Waals surface area contributed by atoms with Crippen LogP contribution in [0, 0.1) is 0 Å². The summed E-state index contributed by atoms with van der Waals surface area (Å²) in [6.07, 6.45) is 4.54. The van der Waals surface area contributed by atoms with Crippen molar-refractivity contribution in [3.05, 3.63) is 50.1 Å². The van der Waals surface area contributed by atoms with Gasteiger partial charge in [-0.25, -0.2) is 4.79 Å². The third-order valence-corrected chi connectivity index (χ3v) is 8.69. The number of carbonyl (C=O) groups is 2. The molecule has 12 heteroatoms. The Morgan fingerprint density at radius 2 is 2.00 bits per heavy atom. The van der Waals surface area contributed by atoms with Crippen LogP contribution in [0.1, 0.15) is 65.8 Å². The standard InChI is InChI=1S/C25H28Cl2N4O4S2/c1-4-34-24(33)21-16-8-6-5-7-9-19(16)37-23(21)28-20(32)13-36-25-30-29-22(31(25)3)14(2)35-18-12-15(26)10-11-17(18)27/h10-12,14H,4-9,13H2,1-3H3,(H,28,32). The van der Waals surface area contributed by atoms with Gasteiger partial charge in [0.1, 0.15) is 10.8 Å². The topological polar surface area (TPSA) is 95.3 Å². The molecule has 1 aromatic carbocycles. The Bertz CT molecular complexity index is 1290. The van der Waals surface area contributed by atoms with Crippen molar-refractivity contribution < 1.29 is 19.1 Å². The van der Waals surface area contributed by atoms with Crippen LogP contribution in [0.4, 0.5) is 5.00 Å². The lowest BCUT2D eigenvalue weighted by molar-refractivity contribution is -0.113. The Morgan fingerprint density at radius 1 is 1.22 bits per heavy atom. The van der Waals surface area contributed by atoms with Gasteiger partial charge >= 0.3 is 5.97 Å². The van der Waals surface area contributed by atoms with Crippen LogP contribution in [-0.4, -0.2) is 39.0 Å². The Balaban J connectivity index is 1.42. The van der Waals surface area contributed by atoms with Gasteiger partial charge in [0, 0.05) is 23.0 Å². The maximum Gasteiger partial charge on any atom is 0.341 e. The molecule has 37 heavy (non-hydrogen) atoms. The summed E-state index contributed by atoms with van der Waals surface area (Å²) < 4.78 is 13.0. The van der Waals surface area contributed by atoms with Gasteiger partial charge in [-0.1, -0.05) is 41.4 Å². The summed E-state index contributed by atoms with van der Waals surface area (Å²) >= 11 is 15.0. The molecule has 1 aliphatic rings. The number of thiophene rings is 1. The third kappa shape index (κ3) is 6.60. The smallest absolute Gasteiger partial charge is 0.341 e. The third-order valence-electron chi connectivity index (χ3n) is 5.92. The number of amides is 1. The Labute approximate surface area is 234 Å². The molecular weight excluding hydrogens is 555 g/mol. The predicted molar refractivity (Wildman–Crippen MR) is 147 cm³/mol. The summed E-state index contributed by atoms with van der Waals surface area (Å²) in [6, 6.07) is 5.00. The van der Waals surface area contributed by atoms with E-state index in [1.807, 2.05) is 14.0 Å². The number of hydrogen-bond donors (Lipinski definition) is 1. The number of halogens is 2. The summed E-state index contributed by atoms with van der Waals surface area (Å²) in [7, 11) is 1.81. The molecule has 1 unspecified atom stereocenters. The summed E-state index contributed by atoms with van der Waals surface area (Å²) in [4.78, 5) is 26.8. The van der Waals surface area contributed by atoms with Crippen molar-refractivity contribution >= 4 is 63.2 Å². The van der Waals surface area contributed by atoms with Gasteiger partial charge in [0.25, 0.3) is 0 Å². The Hall–Kier alpha value is -2.27. The van der Waals surface area contributed by atoms with Crippen molar-refractivity contribution in [2.45, 2.75) is 57.2 Å². The molecule has 2 heterocycles. The van der Waals surface area contributed by atoms with Crippen molar-refractivity contribution in [2.24, 2.45) is 7.05 Å². The van der Waals surface area contributed by atoms with E-state index >= 15 is 0 Å². The van der Waals surface area contributed by atoms with Crippen molar-refractivity contribution in [3.8, 4) is 5.75 Å². The van der Waals surface area contributed by atoms with Crippen LogP contribution >= 0.6 is 46.3 Å². The molecule has 0 spiro atoms. The van der Waals surface area contributed by atoms with Crippen LogP contribution < -0.4 is 10.1 Å². The zero-order valence-electron chi connectivity index (χ0n) is 20.8. The number of rotatable bonds is 9. The fraction of sp³-hybridized carbons (Fsp3) is 0.440. The monoisotopic (exact) mass is 582 g/mol. The van der Waals surface area contributed by atoms with Crippen molar-refractivity contribution in [3.63, 3.8) is 0 Å². The number of benzene rings is 1. The first-order chi connectivity index (χ1) is 17.8. The SMILES string of the molecule is CCOC(=O)c1c(NC(=O)CSc2nnc(C(C)Oc3cc(Cl)ccc3Cl)n2C)sc2c1CCCCC2. The fourth-order valence-corrected chi connectivity index (χ4v) is 6.50. The average molecular weight is 584 g/mol. The first kappa shape index (κ1) is 27.8. The lowest BCUT2D eigenvalue weighted by Crippen LogP contribution is -2.17. The average Bonchev–Trinajstić information content (AvgIpc) is 3.30. The lowest BCUT2D eigenvalue weighted by atomic mass is 10.1. The number of ether oxygens (including phenoxy) is 2. The van der Waals surface area contributed by atoms with Gasteiger partial charge in [-0.05, 0) is 57.2 Å². The Morgan fingerprint density at radius 3 is 2.78 bits per heavy atom. The minimum absolute atomic E-state index is 0.103. The highest BCUT2D eigenvalue weighted by molar-refractivity contribution is 7.99. The van der Waals surface area contributed by atoms with Gasteiger partial charge in [-0.15, -0.1) is 21.5 Å². The maximum absolute atomic E-state index is 12.9. The molecule has 4 rings (SSSR count). The van der Waals surface area contributed by atoms with Crippen LogP contribution in [0.5, 0.6) is 5.75 Å². The van der Waals surface area contributed by atoms with Crippen LogP contribution in [0.3, 0.4) is 0 Å². The van der Waals surface area contributed by atoms with E-state index in [2.05, 4.69) is 15.5 Å². The number of carbonyl (C=O) groups excluding carboxylic acids is 2. The summed E-state index contributed by atoms with van der Waals surface area (Å²) in [5, 5.41) is 13.5. The first-order valence-electron chi connectivity index (χ1n) is 12.0. The van der Waals surface area contributed by atoms with E-state index in [4.69, 9.17) is 32.7 Å². The summed E-state index contributed by atoms with van der Waals surface area (Å²) in [5.41, 5.74) is 1.53. The van der Waals surface area contributed by atoms with Gasteiger partial charge in [-0.3, -0.25) is 4.79 Å². The van der Waals surface area contributed by atoms with E-state index in [1.165, 1.54) is 23.1 Å². The zero-order chi connectivity index (χ0) is 26.5. The van der Waals surface area contributed by atoms with Crippen LogP contribution in [0.15, 0.2) is 23.4 Å². The minimum Gasteiger partial charge on any atom is -0.481 e. The first-order valence-corrected chi connectivity index (χ1v) is 14.6. The maximum atomic E-state index is 12.9. The van der Waals surface area contributed by atoms with E-state index in [-0.39, 0.29) is 24.2 Å². The fourth-order valence-electron chi connectivity index (χ4n) is 4.16. The quantitative estimate of drug-likeness (QED) is 0.175. The molecule has 1 atom stereocenters. The highest BCUT2D eigenvalue weighted by atomic mass is 35.5. The largest absolute Gasteiger partial charge is 0.481 e. The zero-order valence-corrected chi connectivity index (χ0v) is 24.0. The number of aromatic nitrogens is 3. The van der Waals surface area contributed by atoms with E-state index in [1.54, 1.807) is 29.7 Å². The molecule has 2 aromatic heterocycles. The molecule has 0 saturated heterocycles. The van der Waals surface area contributed by atoms with E-state index in [9.17, 15) is 9.59 Å². The van der Waals surface area contributed by atoms with Crippen LogP contribution in [0.25, 0.3) is 0 Å². The summed E-state index contributed by atoms with van der Waals surface area (Å²) in [6.45, 7) is 3.90. The molecule has 0 saturated carbocycles. The molecule has 0 aliphatic heterocycles. The number of thioether (sulfide) groups is 1. The van der Waals surface area contributed by atoms with E-state index in [0.717, 1.165) is 42.5 Å². The molecule has 0 bridgehead atoms. The highest BCUT2D eigenvalue weighted by Crippen LogP contribution is 2.38. The van der Waals surface area contributed by atoms with E-state index in [0.29, 0.717) is 37.3 Å². The highest BCUT2D eigenvalue weighted by Gasteiger charge is 2.27. The second-order valence-corrected chi connectivity index (χ2v) is 11.5. The second-order valence-electron chi connectivity index (χ2n) is 8.56. The number of aryl methyl sites for hydroxylation is 1. The Kier molecular flexibility index (Phi) is 9.39. The van der Waals surface area contributed by atoms with Crippen molar-refractivity contribution in [1.82, 2.24) is 14.8 Å². The molecule has 1 aliphatic carbocycles. The van der Waals surface area contributed by atoms with Gasteiger partial charge in [-0.2, -0.15) is 0 Å². The number of hydrogen-bond acceptors (Lipinski definition) is 8. The van der Waals surface area contributed by atoms with Crippen LogP contribution in [-0.2, 0) is 29.4 Å². The van der Waals surface area contributed by atoms with Crippen molar-refractivity contribution in [1.29, 1.82) is 0 Å². The second kappa shape index (κ2) is 12.5. The number of nitrogens with zero attached hydrogens (tertiary/aromatic N) is 3. The summed E-state index contributed by atoms with van der Waals surface area (Å²) in [5.74, 6) is 0.519.